The van der Waals surface area contributed by atoms with Gasteiger partial charge < -0.3 is 14.1 Å². The molecule has 7 nitrogen and oxygen atoms in total. The molecule has 0 aliphatic rings. The molecule has 0 aliphatic heterocycles. The molecular formula is C22H18N2O5S. The smallest absolute Gasteiger partial charge is 0.374 e. The number of ether oxygens (including phenoxy) is 1. The number of esters is 1. The third-order valence-corrected chi connectivity index (χ3v) is 5.91. The number of aromatic amines is 1. The Hall–Kier alpha value is -3.52. The molecule has 0 saturated carbocycles. The minimum absolute atomic E-state index is 0.0250. The topological polar surface area (TPSA) is 102 Å². The first kappa shape index (κ1) is 19.8. The molecule has 0 aliphatic carbocycles. The fourth-order valence-electron chi connectivity index (χ4n) is 3.04. The van der Waals surface area contributed by atoms with Crippen molar-refractivity contribution < 1.29 is 18.7 Å². The zero-order chi connectivity index (χ0) is 21.4. The van der Waals surface area contributed by atoms with E-state index in [0.29, 0.717) is 21.5 Å². The molecule has 1 aromatic carbocycles. The summed E-state index contributed by atoms with van der Waals surface area (Å²) < 4.78 is 10.8. The highest BCUT2D eigenvalue weighted by molar-refractivity contribution is 7.18. The molecule has 0 saturated heterocycles. The number of H-pyrrole nitrogens is 1. The van der Waals surface area contributed by atoms with Crippen LogP contribution >= 0.6 is 11.3 Å². The number of hydrogen-bond donors (Lipinski definition) is 1. The standard InChI is InChI=1S/C22H18N2O5S/c1-11-13(3)30-21-19(11)20(26)23-18(24-21)10-28-22(27)17-9-8-16(29-17)15-6-4-14(5-7-15)12(2)25/h4-9H,10H2,1-3H3,(H,23,24,26). The zero-order valence-corrected chi connectivity index (χ0v) is 17.4. The number of aryl methyl sites for hydroxylation is 2. The zero-order valence-electron chi connectivity index (χ0n) is 16.6. The lowest BCUT2D eigenvalue weighted by Gasteiger charge is -2.03. The first-order chi connectivity index (χ1) is 14.3. The lowest BCUT2D eigenvalue weighted by Crippen LogP contribution is -2.14. The Balaban J connectivity index is 1.48. The van der Waals surface area contributed by atoms with Crippen LogP contribution in [0, 0.1) is 13.8 Å². The Morgan fingerprint density at radius 1 is 1.13 bits per heavy atom. The van der Waals surface area contributed by atoms with Gasteiger partial charge in [-0.05, 0) is 38.5 Å². The van der Waals surface area contributed by atoms with Crippen LogP contribution in [0.1, 0.15) is 44.1 Å². The van der Waals surface area contributed by atoms with Gasteiger partial charge in [0.25, 0.3) is 5.56 Å². The summed E-state index contributed by atoms with van der Waals surface area (Å²) in [5.74, 6) is 0.0981. The van der Waals surface area contributed by atoms with Crippen LogP contribution in [-0.2, 0) is 11.3 Å². The molecule has 0 radical (unpaired) electrons. The van der Waals surface area contributed by atoms with E-state index in [0.717, 1.165) is 16.0 Å². The van der Waals surface area contributed by atoms with Crippen LogP contribution in [-0.4, -0.2) is 21.7 Å². The van der Waals surface area contributed by atoms with Gasteiger partial charge in [-0.3, -0.25) is 9.59 Å². The number of ketones is 1. The maximum Gasteiger partial charge on any atom is 0.374 e. The first-order valence-corrected chi connectivity index (χ1v) is 10.0. The van der Waals surface area contributed by atoms with Gasteiger partial charge in [0.1, 0.15) is 23.0 Å². The predicted molar refractivity (Wildman–Crippen MR) is 113 cm³/mol. The van der Waals surface area contributed by atoms with Crippen molar-refractivity contribution in [3.63, 3.8) is 0 Å². The fourth-order valence-corrected chi connectivity index (χ4v) is 4.09. The molecule has 0 amide bonds. The van der Waals surface area contributed by atoms with Crippen LogP contribution in [0.15, 0.2) is 45.6 Å². The highest BCUT2D eigenvalue weighted by Crippen LogP contribution is 2.26. The van der Waals surface area contributed by atoms with E-state index in [-0.39, 0.29) is 29.5 Å². The van der Waals surface area contributed by atoms with Crippen LogP contribution in [0.5, 0.6) is 0 Å². The van der Waals surface area contributed by atoms with Gasteiger partial charge >= 0.3 is 5.97 Å². The summed E-state index contributed by atoms with van der Waals surface area (Å²) in [6.07, 6.45) is 0. The Morgan fingerprint density at radius 2 is 1.87 bits per heavy atom. The number of hydrogen-bond acceptors (Lipinski definition) is 7. The van der Waals surface area contributed by atoms with Crippen molar-refractivity contribution in [3.05, 3.63) is 74.3 Å². The molecule has 30 heavy (non-hydrogen) atoms. The molecule has 4 rings (SSSR count). The Kier molecular flexibility index (Phi) is 5.09. The Bertz CT molecular complexity index is 1330. The Morgan fingerprint density at radius 3 is 2.57 bits per heavy atom. The monoisotopic (exact) mass is 422 g/mol. The fraction of sp³-hybridized carbons (Fsp3) is 0.182. The van der Waals surface area contributed by atoms with Crippen molar-refractivity contribution in [2.45, 2.75) is 27.4 Å². The van der Waals surface area contributed by atoms with E-state index >= 15 is 0 Å². The Labute approximate surface area is 175 Å². The number of carbonyl (C=O) groups is 2. The van der Waals surface area contributed by atoms with Gasteiger partial charge in [-0.15, -0.1) is 11.3 Å². The van der Waals surface area contributed by atoms with Gasteiger partial charge in [0, 0.05) is 16.0 Å². The van der Waals surface area contributed by atoms with Crippen molar-refractivity contribution in [1.29, 1.82) is 0 Å². The van der Waals surface area contributed by atoms with E-state index in [1.807, 2.05) is 13.8 Å². The van der Waals surface area contributed by atoms with E-state index in [2.05, 4.69) is 9.97 Å². The summed E-state index contributed by atoms with van der Waals surface area (Å²) >= 11 is 1.43. The molecule has 152 valence electrons. The second kappa shape index (κ2) is 7.72. The summed E-state index contributed by atoms with van der Waals surface area (Å²) in [5.41, 5.74) is 1.99. The van der Waals surface area contributed by atoms with E-state index in [9.17, 15) is 14.4 Å². The second-order valence-corrected chi connectivity index (χ2v) is 8.05. The summed E-state index contributed by atoms with van der Waals surface area (Å²) in [6.45, 7) is 5.13. The highest BCUT2D eigenvalue weighted by Gasteiger charge is 2.16. The number of Topliss-reactive ketones (excluding diaryl/α,β-unsaturated/α-hetero) is 1. The molecule has 0 atom stereocenters. The maximum absolute atomic E-state index is 12.3. The van der Waals surface area contributed by atoms with Gasteiger partial charge in [-0.1, -0.05) is 24.3 Å². The first-order valence-electron chi connectivity index (χ1n) is 9.20. The van der Waals surface area contributed by atoms with Crippen molar-refractivity contribution in [2.24, 2.45) is 0 Å². The van der Waals surface area contributed by atoms with Crippen molar-refractivity contribution in [3.8, 4) is 11.3 Å². The van der Waals surface area contributed by atoms with Crippen LogP contribution < -0.4 is 5.56 Å². The van der Waals surface area contributed by atoms with E-state index in [4.69, 9.17) is 9.15 Å². The number of carbonyl (C=O) groups excluding carboxylic acids is 2. The van der Waals surface area contributed by atoms with E-state index in [1.165, 1.54) is 24.3 Å². The number of nitrogens with zero attached hydrogens (tertiary/aromatic N) is 1. The number of aromatic nitrogens is 2. The van der Waals surface area contributed by atoms with Gasteiger partial charge in [-0.2, -0.15) is 0 Å². The number of thiophene rings is 1. The molecule has 0 fully saturated rings. The number of benzene rings is 1. The van der Waals surface area contributed by atoms with E-state index < -0.39 is 5.97 Å². The summed E-state index contributed by atoms with van der Waals surface area (Å²) in [5, 5.41) is 0.569. The third-order valence-electron chi connectivity index (χ3n) is 4.81. The molecule has 4 aromatic rings. The molecule has 0 spiro atoms. The average Bonchev–Trinajstić information content (AvgIpc) is 3.32. The molecule has 3 aromatic heterocycles. The quantitative estimate of drug-likeness (QED) is 0.377. The van der Waals surface area contributed by atoms with E-state index in [1.54, 1.807) is 30.3 Å². The van der Waals surface area contributed by atoms with Crippen LogP contribution in [0.25, 0.3) is 21.5 Å². The lowest BCUT2D eigenvalue weighted by molar-refractivity contribution is 0.0427. The summed E-state index contributed by atoms with van der Waals surface area (Å²) in [7, 11) is 0. The number of furan rings is 1. The summed E-state index contributed by atoms with van der Waals surface area (Å²) in [4.78, 5) is 44.7. The minimum Gasteiger partial charge on any atom is -0.452 e. The normalized spacial score (nSPS) is 11.0. The van der Waals surface area contributed by atoms with Crippen molar-refractivity contribution in [2.75, 3.05) is 0 Å². The SMILES string of the molecule is CC(=O)c1ccc(-c2ccc(C(=O)OCc3nc4sc(C)c(C)c4c(=O)[nH]3)o2)cc1. The average molecular weight is 422 g/mol. The van der Waals surface area contributed by atoms with Gasteiger partial charge in [-0.25, -0.2) is 9.78 Å². The largest absolute Gasteiger partial charge is 0.452 e. The molecule has 0 bridgehead atoms. The molecule has 3 heterocycles. The van der Waals surface area contributed by atoms with Crippen LogP contribution in [0.4, 0.5) is 0 Å². The minimum atomic E-state index is -0.664. The second-order valence-electron chi connectivity index (χ2n) is 6.85. The van der Waals surface area contributed by atoms with Crippen molar-refractivity contribution >= 4 is 33.3 Å². The number of fused-ring (bicyclic) bond motifs is 1. The molecule has 1 N–H and O–H groups in total. The van der Waals surface area contributed by atoms with Crippen molar-refractivity contribution in [1.82, 2.24) is 9.97 Å². The molecule has 8 heteroatoms. The van der Waals surface area contributed by atoms with Crippen LogP contribution in [0.3, 0.4) is 0 Å². The van der Waals surface area contributed by atoms with Gasteiger partial charge in [0.15, 0.2) is 5.78 Å². The number of rotatable bonds is 5. The highest BCUT2D eigenvalue weighted by atomic mass is 32.1. The number of nitrogens with one attached hydrogen (secondary N) is 1. The predicted octanol–water partition coefficient (Wildman–Crippen LogP) is 4.42. The summed E-state index contributed by atoms with van der Waals surface area (Å²) in [6, 6.07) is 10.1. The lowest BCUT2D eigenvalue weighted by atomic mass is 10.1. The third kappa shape index (κ3) is 3.69. The maximum atomic E-state index is 12.3. The van der Waals surface area contributed by atoms with Gasteiger partial charge in [0.2, 0.25) is 5.76 Å². The van der Waals surface area contributed by atoms with Gasteiger partial charge in [0.05, 0.1) is 5.39 Å². The molecular weight excluding hydrogens is 404 g/mol. The molecule has 0 unspecified atom stereocenters. The van der Waals surface area contributed by atoms with Crippen LogP contribution in [0.2, 0.25) is 0 Å².